The molecule has 0 saturated carbocycles. The molecule has 0 saturated heterocycles. The standard InChI is InChI=1S/C12H17NS/c1-3-9-8-10-6-5-7-14-12(10)13-11(9)4-2/h8H,3-7H2,1-2H3. The van der Waals surface area contributed by atoms with E-state index in [9.17, 15) is 0 Å². The van der Waals surface area contributed by atoms with E-state index in [0.29, 0.717) is 0 Å². The van der Waals surface area contributed by atoms with Gasteiger partial charge in [0.1, 0.15) is 0 Å². The van der Waals surface area contributed by atoms with Crippen LogP contribution in [0.2, 0.25) is 0 Å². The minimum Gasteiger partial charge on any atom is -0.246 e. The van der Waals surface area contributed by atoms with Gasteiger partial charge in [0.2, 0.25) is 0 Å². The zero-order valence-electron chi connectivity index (χ0n) is 8.97. The summed E-state index contributed by atoms with van der Waals surface area (Å²) in [6.07, 6.45) is 4.73. The molecule has 1 aromatic rings. The van der Waals surface area contributed by atoms with Gasteiger partial charge in [0.25, 0.3) is 0 Å². The monoisotopic (exact) mass is 207 g/mol. The average molecular weight is 207 g/mol. The molecule has 0 N–H and O–H groups in total. The van der Waals surface area contributed by atoms with Crippen molar-refractivity contribution in [1.82, 2.24) is 4.98 Å². The maximum Gasteiger partial charge on any atom is 0.0995 e. The van der Waals surface area contributed by atoms with Crippen LogP contribution in [0.1, 0.15) is 37.1 Å². The quantitative estimate of drug-likeness (QED) is 0.738. The molecule has 1 aliphatic heterocycles. The van der Waals surface area contributed by atoms with Crippen molar-refractivity contribution in [3.8, 4) is 0 Å². The van der Waals surface area contributed by atoms with E-state index in [1.165, 1.54) is 40.4 Å². The van der Waals surface area contributed by atoms with Crippen LogP contribution in [-0.4, -0.2) is 10.7 Å². The highest BCUT2D eigenvalue weighted by Gasteiger charge is 2.13. The number of aryl methyl sites for hydroxylation is 3. The molecule has 14 heavy (non-hydrogen) atoms. The topological polar surface area (TPSA) is 12.9 Å². The van der Waals surface area contributed by atoms with E-state index in [2.05, 4.69) is 19.9 Å². The van der Waals surface area contributed by atoms with Crippen LogP contribution in [0.3, 0.4) is 0 Å². The van der Waals surface area contributed by atoms with E-state index in [0.717, 1.165) is 12.8 Å². The van der Waals surface area contributed by atoms with Crippen molar-refractivity contribution >= 4 is 11.8 Å². The van der Waals surface area contributed by atoms with Crippen molar-refractivity contribution in [2.45, 2.75) is 44.6 Å². The Balaban J connectivity index is 2.43. The first-order valence-corrected chi connectivity index (χ1v) is 6.48. The van der Waals surface area contributed by atoms with E-state index < -0.39 is 0 Å². The van der Waals surface area contributed by atoms with Gasteiger partial charge in [-0.05, 0) is 42.6 Å². The van der Waals surface area contributed by atoms with Crippen LogP contribution in [0.25, 0.3) is 0 Å². The third-order valence-electron chi connectivity index (χ3n) is 2.78. The van der Waals surface area contributed by atoms with E-state index in [1.807, 2.05) is 11.8 Å². The predicted molar refractivity (Wildman–Crippen MR) is 62.0 cm³/mol. The van der Waals surface area contributed by atoms with Crippen molar-refractivity contribution < 1.29 is 0 Å². The van der Waals surface area contributed by atoms with Gasteiger partial charge in [0.15, 0.2) is 0 Å². The van der Waals surface area contributed by atoms with Crippen LogP contribution in [0.4, 0.5) is 0 Å². The number of hydrogen-bond acceptors (Lipinski definition) is 2. The first kappa shape index (κ1) is 10.0. The average Bonchev–Trinajstić information content (AvgIpc) is 2.27. The van der Waals surface area contributed by atoms with Gasteiger partial charge in [-0.3, -0.25) is 0 Å². The summed E-state index contributed by atoms with van der Waals surface area (Å²) < 4.78 is 0. The van der Waals surface area contributed by atoms with E-state index in [1.54, 1.807) is 0 Å². The lowest BCUT2D eigenvalue weighted by Crippen LogP contribution is -2.06. The maximum absolute atomic E-state index is 4.77. The summed E-state index contributed by atoms with van der Waals surface area (Å²) in [6, 6.07) is 2.38. The predicted octanol–water partition coefficient (Wildman–Crippen LogP) is 3.24. The second kappa shape index (κ2) is 4.35. The molecule has 0 bridgehead atoms. The van der Waals surface area contributed by atoms with Crippen LogP contribution in [0.15, 0.2) is 11.1 Å². The molecule has 2 heterocycles. The molecule has 1 nitrogen and oxygen atoms in total. The highest BCUT2D eigenvalue weighted by molar-refractivity contribution is 7.99. The third kappa shape index (κ3) is 1.81. The normalized spacial score (nSPS) is 15.3. The first-order valence-electron chi connectivity index (χ1n) is 5.49. The molecule has 0 radical (unpaired) electrons. The Morgan fingerprint density at radius 2 is 2.21 bits per heavy atom. The van der Waals surface area contributed by atoms with Crippen molar-refractivity contribution in [2.24, 2.45) is 0 Å². The van der Waals surface area contributed by atoms with Crippen molar-refractivity contribution in [1.29, 1.82) is 0 Å². The number of rotatable bonds is 2. The molecule has 1 aliphatic rings. The zero-order chi connectivity index (χ0) is 9.97. The second-order valence-electron chi connectivity index (χ2n) is 3.72. The summed E-state index contributed by atoms with van der Waals surface area (Å²) in [5.41, 5.74) is 4.24. The number of nitrogens with zero attached hydrogens (tertiary/aromatic N) is 1. The van der Waals surface area contributed by atoms with E-state index in [-0.39, 0.29) is 0 Å². The number of hydrogen-bond donors (Lipinski definition) is 0. The molecule has 0 spiro atoms. The molecule has 2 rings (SSSR count). The van der Waals surface area contributed by atoms with Gasteiger partial charge in [-0.15, -0.1) is 11.8 Å². The van der Waals surface area contributed by atoms with Gasteiger partial charge in [-0.1, -0.05) is 19.9 Å². The van der Waals surface area contributed by atoms with Crippen LogP contribution in [-0.2, 0) is 19.3 Å². The third-order valence-corrected chi connectivity index (χ3v) is 3.90. The first-order chi connectivity index (χ1) is 6.85. The molecule has 2 heteroatoms. The lowest BCUT2D eigenvalue weighted by molar-refractivity contribution is 0.820. The summed E-state index contributed by atoms with van der Waals surface area (Å²) in [5.74, 6) is 1.24. The Bertz CT molecular complexity index is 289. The van der Waals surface area contributed by atoms with Crippen LogP contribution in [0, 0.1) is 0 Å². The zero-order valence-corrected chi connectivity index (χ0v) is 9.78. The minimum atomic E-state index is 1.07. The van der Waals surface area contributed by atoms with E-state index in [4.69, 9.17) is 4.98 Å². The molecular formula is C12H17NS. The fraction of sp³-hybridized carbons (Fsp3) is 0.583. The van der Waals surface area contributed by atoms with Crippen LogP contribution >= 0.6 is 11.8 Å². The Labute approximate surface area is 90.3 Å². The number of thioether (sulfide) groups is 1. The number of pyridine rings is 1. The smallest absolute Gasteiger partial charge is 0.0995 e. The summed E-state index contributed by atoms with van der Waals surface area (Å²) in [5, 5.41) is 1.30. The van der Waals surface area contributed by atoms with Gasteiger partial charge in [-0.25, -0.2) is 4.98 Å². The lowest BCUT2D eigenvalue weighted by Gasteiger charge is -2.17. The van der Waals surface area contributed by atoms with Crippen molar-refractivity contribution in [3.05, 3.63) is 22.9 Å². The summed E-state index contributed by atoms with van der Waals surface area (Å²) in [7, 11) is 0. The number of aromatic nitrogens is 1. The Morgan fingerprint density at radius 1 is 1.36 bits per heavy atom. The summed E-state index contributed by atoms with van der Waals surface area (Å²) >= 11 is 1.93. The van der Waals surface area contributed by atoms with Gasteiger partial charge in [0.05, 0.1) is 5.03 Å². The summed E-state index contributed by atoms with van der Waals surface area (Å²) in [4.78, 5) is 4.77. The lowest BCUT2D eigenvalue weighted by atomic mass is 10.0. The fourth-order valence-corrected chi connectivity index (χ4v) is 2.97. The van der Waals surface area contributed by atoms with Crippen LogP contribution < -0.4 is 0 Å². The Morgan fingerprint density at radius 3 is 2.93 bits per heavy atom. The Kier molecular flexibility index (Phi) is 3.12. The SMILES string of the molecule is CCc1cc2c(nc1CC)SCCC2. The molecule has 76 valence electrons. The molecule has 0 aliphatic carbocycles. The highest BCUT2D eigenvalue weighted by Crippen LogP contribution is 2.29. The van der Waals surface area contributed by atoms with Gasteiger partial charge in [-0.2, -0.15) is 0 Å². The van der Waals surface area contributed by atoms with Crippen molar-refractivity contribution in [2.75, 3.05) is 5.75 Å². The second-order valence-corrected chi connectivity index (χ2v) is 4.80. The molecular weight excluding hydrogens is 190 g/mol. The molecule has 0 atom stereocenters. The molecule has 0 unspecified atom stereocenters. The molecule has 0 aromatic carbocycles. The Hall–Kier alpha value is -0.500. The van der Waals surface area contributed by atoms with Gasteiger partial charge >= 0.3 is 0 Å². The molecule has 1 aromatic heterocycles. The largest absolute Gasteiger partial charge is 0.246 e. The summed E-state index contributed by atoms with van der Waals surface area (Å²) in [6.45, 7) is 4.42. The van der Waals surface area contributed by atoms with Crippen LogP contribution in [0.5, 0.6) is 0 Å². The highest BCUT2D eigenvalue weighted by atomic mass is 32.2. The fourth-order valence-electron chi connectivity index (χ4n) is 1.97. The molecule has 0 amide bonds. The minimum absolute atomic E-state index is 1.07. The van der Waals surface area contributed by atoms with Gasteiger partial charge < -0.3 is 0 Å². The number of fused-ring (bicyclic) bond motifs is 1. The van der Waals surface area contributed by atoms with E-state index >= 15 is 0 Å². The van der Waals surface area contributed by atoms with Gasteiger partial charge in [0, 0.05) is 5.69 Å². The van der Waals surface area contributed by atoms with Crippen molar-refractivity contribution in [3.63, 3.8) is 0 Å². The maximum atomic E-state index is 4.77. The molecule has 0 fully saturated rings.